The predicted molar refractivity (Wildman–Crippen MR) is 108 cm³/mol. The van der Waals surface area contributed by atoms with Crippen LogP contribution >= 0.6 is 0 Å². The van der Waals surface area contributed by atoms with E-state index >= 15 is 0 Å². The lowest BCUT2D eigenvalue weighted by Gasteiger charge is -2.39. The molecule has 2 aromatic rings. The molecule has 0 radical (unpaired) electrons. The van der Waals surface area contributed by atoms with Crippen molar-refractivity contribution < 1.29 is 34.3 Å². The summed E-state index contributed by atoms with van der Waals surface area (Å²) in [5, 5.41) is 44.4. The smallest absolute Gasteiger partial charge is 0.239 e. The zero-order valence-corrected chi connectivity index (χ0v) is 17.6. The summed E-state index contributed by atoms with van der Waals surface area (Å²) < 4.78 is 27.3. The first-order chi connectivity index (χ1) is 14.8. The molecule has 170 valence electrons. The first-order valence-electron chi connectivity index (χ1n) is 10.6. The highest BCUT2D eigenvalue weighted by molar-refractivity contribution is 5.38. The van der Waals surface area contributed by atoms with Gasteiger partial charge in [-0.1, -0.05) is 12.1 Å². The Morgan fingerprint density at radius 2 is 1.90 bits per heavy atom. The third-order valence-electron chi connectivity index (χ3n) is 6.35. The summed E-state index contributed by atoms with van der Waals surface area (Å²) in [4.78, 5) is 0. The fraction of sp³-hybridized carbons (Fsp3) is 0.591. The maximum absolute atomic E-state index is 14.1. The molecule has 2 fully saturated rings. The average molecular weight is 436 g/mol. The minimum atomic E-state index is -1.54. The van der Waals surface area contributed by atoms with Crippen molar-refractivity contribution in [3.63, 3.8) is 0 Å². The molecule has 9 heteroatoms. The van der Waals surface area contributed by atoms with E-state index in [-0.39, 0.29) is 17.7 Å². The first kappa shape index (κ1) is 22.2. The molecule has 8 nitrogen and oxygen atoms in total. The maximum Gasteiger partial charge on any atom is 0.239 e. The van der Waals surface area contributed by atoms with Gasteiger partial charge >= 0.3 is 0 Å². The highest BCUT2D eigenvalue weighted by Gasteiger charge is 2.45. The second kappa shape index (κ2) is 8.84. The molecule has 1 saturated carbocycles. The van der Waals surface area contributed by atoms with Crippen LogP contribution in [-0.4, -0.2) is 67.5 Å². The van der Waals surface area contributed by atoms with Gasteiger partial charge in [-0.05, 0) is 50.3 Å². The molecule has 5 atom stereocenters. The lowest BCUT2D eigenvalue weighted by molar-refractivity contribution is -0.278. The molecule has 0 spiro atoms. The number of benzene rings is 1. The van der Waals surface area contributed by atoms with Crippen molar-refractivity contribution in [2.75, 3.05) is 6.61 Å². The molecule has 1 aromatic carbocycles. The Bertz CT molecular complexity index is 929. The molecule has 1 unspecified atom stereocenters. The Morgan fingerprint density at radius 3 is 2.52 bits per heavy atom. The molecule has 0 amide bonds. The van der Waals surface area contributed by atoms with E-state index in [0.29, 0.717) is 12.0 Å². The van der Waals surface area contributed by atoms with Gasteiger partial charge in [0, 0.05) is 17.7 Å². The van der Waals surface area contributed by atoms with Crippen LogP contribution in [0.15, 0.2) is 18.2 Å². The number of ether oxygens (including phenoxy) is 2. The minimum Gasteiger partial charge on any atom is -0.443 e. The Hall–Kier alpha value is -2.04. The van der Waals surface area contributed by atoms with Gasteiger partial charge in [0.05, 0.1) is 12.6 Å². The van der Waals surface area contributed by atoms with Crippen molar-refractivity contribution in [2.24, 2.45) is 0 Å². The number of aryl methyl sites for hydroxylation is 1. The summed E-state index contributed by atoms with van der Waals surface area (Å²) in [5.74, 6) is -0.0762. The van der Waals surface area contributed by atoms with E-state index in [1.807, 2.05) is 17.7 Å². The lowest BCUT2D eigenvalue weighted by Crippen LogP contribution is -2.60. The van der Waals surface area contributed by atoms with E-state index < -0.39 is 37.3 Å². The van der Waals surface area contributed by atoms with Crippen LogP contribution in [0.5, 0.6) is 5.88 Å². The normalized spacial score (nSPS) is 29.1. The molecule has 1 aliphatic heterocycles. The van der Waals surface area contributed by atoms with Crippen LogP contribution in [0.25, 0.3) is 0 Å². The third kappa shape index (κ3) is 4.20. The van der Waals surface area contributed by atoms with Gasteiger partial charge in [0.25, 0.3) is 0 Å². The van der Waals surface area contributed by atoms with E-state index in [9.17, 15) is 24.8 Å². The number of aromatic nitrogens is 2. The van der Waals surface area contributed by atoms with Gasteiger partial charge in [-0.15, -0.1) is 5.10 Å². The van der Waals surface area contributed by atoms with E-state index in [1.54, 1.807) is 13.0 Å². The molecule has 2 aliphatic rings. The van der Waals surface area contributed by atoms with Gasteiger partial charge < -0.3 is 29.9 Å². The second-order valence-electron chi connectivity index (χ2n) is 8.47. The third-order valence-corrected chi connectivity index (χ3v) is 6.35. The Balaban J connectivity index is 1.65. The fourth-order valence-corrected chi connectivity index (χ4v) is 4.04. The summed E-state index contributed by atoms with van der Waals surface area (Å²) in [6.45, 7) is 3.08. The average Bonchev–Trinajstić information content (AvgIpc) is 2.99. The number of rotatable bonds is 6. The van der Waals surface area contributed by atoms with Gasteiger partial charge in [-0.2, -0.15) is 0 Å². The van der Waals surface area contributed by atoms with Crippen LogP contribution in [-0.2, 0) is 11.2 Å². The molecule has 1 aliphatic carbocycles. The highest BCUT2D eigenvalue weighted by Crippen LogP contribution is 2.36. The Morgan fingerprint density at radius 1 is 1.16 bits per heavy atom. The zero-order chi connectivity index (χ0) is 22.3. The van der Waals surface area contributed by atoms with Gasteiger partial charge in [0.2, 0.25) is 12.2 Å². The van der Waals surface area contributed by atoms with Crippen LogP contribution < -0.4 is 4.74 Å². The van der Waals surface area contributed by atoms with Crippen LogP contribution in [0.3, 0.4) is 0 Å². The lowest BCUT2D eigenvalue weighted by atomic mass is 9.93. The number of nitrogens with zero attached hydrogens (tertiary/aromatic N) is 2. The second-order valence-corrected chi connectivity index (χ2v) is 8.47. The van der Waals surface area contributed by atoms with Gasteiger partial charge in [-0.25, -0.2) is 4.39 Å². The SMILES string of the molecule is Cc1ccc(Cc2c(OC3O[C@H](CO)[C@@H](O)[C@H](O)[C@H]3O)nn(C3CCC3)c2C)cc1F. The van der Waals surface area contributed by atoms with E-state index in [2.05, 4.69) is 5.10 Å². The maximum atomic E-state index is 14.1. The van der Waals surface area contributed by atoms with Crippen molar-refractivity contribution in [1.82, 2.24) is 9.78 Å². The van der Waals surface area contributed by atoms with Gasteiger partial charge in [-0.3, -0.25) is 4.68 Å². The molecular weight excluding hydrogens is 407 g/mol. The first-order valence-corrected chi connectivity index (χ1v) is 10.6. The van der Waals surface area contributed by atoms with Crippen molar-refractivity contribution in [2.45, 2.75) is 76.3 Å². The van der Waals surface area contributed by atoms with Crippen molar-refractivity contribution in [3.05, 3.63) is 46.4 Å². The van der Waals surface area contributed by atoms with Crippen LogP contribution in [0, 0.1) is 19.7 Å². The number of aliphatic hydroxyl groups excluding tert-OH is 4. The summed E-state index contributed by atoms with van der Waals surface area (Å²) in [6, 6.07) is 5.29. The fourth-order valence-electron chi connectivity index (χ4n) is 4.04. The zero-order valence-electron chi connectivity index (χ0n) is 17.6. The number of hydrogen-bond acceptors (Lipinski definition) is 7. The van der Waals surface area contributed by atoms with Crippen molar-refractivity contribution in [1.29, 1.82) is 0 Å². The van der Waals surface area contributed by atoms with E-state index in [1.165, 1.54) is 6.07 Å². The van der Waals surface area contributed by atoms with Gasteiger partial charge in [0.15, 0.2) is 0 Å². The Kier molecular flexibility index (Phi) is 6.32. The number of hydrogen-bond donors (Lipinski definition) is 4. The molecule has 4 rings (SSSR count). The standard InChI is InChI=1S/C22H29FN2O6/c1-11-6-7-13(9-16(11)23)8-15-12(2)25(14-4-3-5-14)24-21(15)31-22-20(29)19(28)18(27)17(10-26)30-22/h6-7,9,14,17-20,22,26-29H,3-5,8,10H2,1-2H3/t17-,18-,19+,20-,22?/m1/s1. The van der Waals surface area contributed by atoms with E-state index in [4.69, 9.17) is 9.47 Å². The summed E-state index contributed by atoms with van der Waals surface area (Å²) >= 11 is 0. The monoisotopic (exact) mass is 436 g/mol. The summed E-state index contributed by atoms with van der Waals surface area (Å²) in [6.07, 6.45) is -3.46. The number of aliphatic hydroxyl groups is 4. The highest BCUT2D eigenvalue weighted by atomic mass is 19.1. The van der Waals surface area contributed by atoms with Crippen molar-refractivity contribution >= 4 is 0 Å². The number of halogens is 1. The molecule has 0 bridgehead atoms. The summed E-state index contributed by atoms with van der Waals surface area (Å²) in [5.41, 5.74) is 2.92. The van der Waals surface area contributed by atoms with Crippen LogP contribution in [0.4, 0.5) is 4.39 Å². The van der Waals surface area contributed by atoms with Gasteiger partial charge in [0.1, 0.15) is 30.2 Å². The molecule has 2 heterocycles. The Labute approximate surface area is 179 Å². The van der Waals surface area contributed by atoms with Crippen LogP contribution in [0.1, 0.15) is 47.7 Å². The molecular formula is C22H29FN2O6. The van der Waals surface area contributed by atoms with Crippen LogP contribution in [0.2, 0.25) is 0 Å². The topological polar surface area (TPSA) is 117 Å². The van der Waals surface area contributed by atoms with E-state index in [0.717, 1.165) is 36.1 Å². The quantitative estimate of drug-likeness (QED) is 0.536. The largest absolute Gasteiger partial charge is 0.443 e. The molecule has 4 N–H and O–H groups in total. The predicted octanol–water partition coefficient (Wildman–Crippen LogP) is 1.13. The minimum absolute atomic E-state index is 0.217. The molecule has 1 saturated heterocycles. The summed E-state index contributed by atoms with van der Waals surface area (Å²) in [7, 11) is 0. The molecule has 31 heavy (non-hydrogen) atoms. The van der Waals surface area contributed by atoms with Crippen molar-refractivity contribution in [3.8, 4) is 5.88 Å². The molecule has 1 aromatic heterocycles.